The molecule has 0 bridgehead atoms. The second-order valence-electron chi connectivity index (χ2n) is 5.11. The summed E-state index contributed by atoms with van der Waals surface area (Å²) in [6, 6.07) is 11.7. The predicted octanol–water partition coefficient (Wildman–Crippen LogP) is 4.93. The van der Waals surface area contributed by atoms with Gasteiger partial charge in [0.1, 0.15) is 5.75 Å². The molecule has 0 heterocycles. The molecule has 2 rings (SSSR count). The molecule has 0 aliphatic rings. The minimum Gasteiger partial charge on any atom is -0.496 e. The quantitative estimate of drug-likeness (QED) is 0.445. The Kier molecular flexibility index (Phi) is 5.45. The van der Waals surface area contributed by atoms with Crippen molar-refractivity contribution in [3.8, 4) is 5.75 Å². The Labute approximate surface area is 136 Å². The lowest BCUT2D eigenvalue weighted by atomic mass is 10.0. The zero-order valence-corrected chi connectivity index (χ0v) is 14.2. The number of ether oxygens (including phenoxy) is 1. The third-order valence-electron chi connectivity index (χ3n) is 3.63. The third-order valence-corrected chi connectivity index (χ3v) is 4.40. The SMILES string of the molecule is COc1cc(C(=O)C=Cc2ccc(C)c(C)c2)ccc1SC. The van der Waals surface area contributed by atoms with Crippen molar-refractivity contribution >= 4 is 23.6 Å². The van der Waals surface area contributed by atoms with Gasteiger partial charge in [-0.05, 0) is 61.1 Å². The average molecular weight is 312 g/mol. The van der Waals surface area contributed by atoms with Gasteiger partial charge in [0.25, 0.3) is 0 Å². The fourth-order valence-electron chi connectivity index (χ4n) is 2.13. The summed E-state index contributed by atoms with van der Waals surface area (Å²) in [5, 5.41) is 0. The van der Waals surface area contributed by atoms with Crippen LogP contribution in [0.25, 0.3) is 6.08 Å². The molecule has 2 nitrogen and oxygen atoms in total. The first kappa shape index (κ1) is 16.4. The van der Waals surface area contributed by atoms with Crippen molar-refractivity contribution < 1.29 is 9.53 Å². The highest BCUT2D eigenvalue weighted by Crippen LogP contribution is 2.28. The van der Waals surface area contributed by atoms with Crippen molar-refractivity contribution in [2.45, 2.75) is 18.7 Å². The van der Waals surface area contributed by atoms with Gasteiger partial charge in [-0.25, -0.2) is 0 Å². The molecule has 0 atom stereocenters. The molecule has 3 heteroatoms. The second kappa shape index (κ2) is 7.32. The van der Waals surface area contributed by atoms with E-state index in [1.54, 1.807) is 31.0 Å². The molecule has 2 aromatic rings. The van der Waals surface area contributed by atoms with Gasteiger partial charge in [0, 0.05) is 10.5 Å². The summed E-state index contributed by atoms with van der Waals surface area (Å²) < 4.78 is 5.32. The van der Waals surface area contributed by atoms with E-state index in [-0.39, 0.29) is 5.78 Å². The number of hydrogen-bond donors (Lipinski definition) is 0. The Morgan fingerprint density at radius 1 is 1.09 bits per heavy atom. The van der Waals surface area contributed by atoms with Crippen molar-refractivity contribution in [3.63, 3.8) is 0 Å². The van der Waals surface area contributed by atoms with E-state index in [0.717, 1.165) is 16.2 Å². The molecule has 114 valence electrons. The number of allylic oxidation sites excluding steroid dienone is 1. The number of methoxy groups -OCH3 is 1. The van der Waals surface area contributed by atoms with Crippen LogP contribution in [0.3, 0.4) is 0 Å². The largest absolute Gasteiger partial charge is 0.496 e. The Morgan fingerprint density at radius 2 is 1.86 bits per heavy atom. The number of rotatable bonds is 5. The van der Waals surface area contributed by atoms with E-state index in [1.807, 2.05) is 30.5 Å². The van der Waals surface area contributed by atoms with Gasteiger partial charge in [-0.3, -0.25) is 4.79 Å². The lowest BCUT2D eigenvalue weighted by Gasteiger charge is -2.07. The van der Waals surface area contributed by atoms with Gasteiger partial charge in [0.2, 0.25) is 0 Å². The average Bonchev–Trinajstić information content (AvgIpc) is 2.54. The van der Waals surface area contributed by atoms with Gasteiger partial charge in [-0.15, -0.1) is 11.8 Å². The Hall–Kier alpha value is -2.00. The van der Waals surface area contributed by atoms with Crippen LogP contribution in [0.5, 0.6) is 5.75 Å². The van der Waals surface area contributed by atoms with Crippen LogP contribution in [0.15, 0.2) is 47.4 Å². The molecule has 0 aliphatic heterocycles. The van der Waals surface area contributed by atoms with Crippen LogP contribution in [-0.4, -0.2) is 19.1 Å². The Bertz CT molecular complexity index is 717. The molecule has 0 fully saturated rings. The van der Waals surface area contributed by atoms with E-state index in [2.05, 4.69) is 26.0 Å². The van der Waals surface area contributed by atoms with Gasteiger partial charge < -0.3 is 4.74 Å². The normalized spacial score (nSPS) is 10.9. The standard InChI is InChI=1S/C19H20O2S/c1-13-5-6-15(11-14(13)2)7-9-17(20)16-8-10-19(22-4)18(12-16)21-3/h5-12H,1-4H3. The molecule has 2 aromatic carbocycles. The van der Waals surface area contributed by atoms with Gasteiger partial charge in [0.15, 0.2) is 5.78 Å². The topological polar surface area (TPSA) is 26.3 Å². The fraction of sp³-hybridized carbons (Fsp3) is 0.211. The lowest BCUT2D eigenvalue weighted by Crippen LogP contribution is -1.96. The zero-order valence-electron chi connectivity index (χ0n) is 13.3. The maximum Gasteiger partial charge on any atom is 0.185 e. The number of thioether (sulfide) groups is 1. The van der Waals surface area contributed by atoms with Crippen LogP contribution < -0.4 is 4.74 Å². The summed E-state index contributed by atoms with van der Waals surface area (Å²) in [4.78, 5) is 13.3. The molecule has 0 amide bonds. The summed E-state index contributed by atoms with van der Waals surface area (Å²) in [5.74, 6) is 0.710. The van der Waals surface area contributed by atoms with Crippen LogP contribution in [0, 0.1) is 13.8 Å². The molecule has 0 aromatic heterocycles. The molecule has 0 saturated carbocycles. The zero-order chi connectivity index (χ0) is 16.1. The van der Waals surface area contributed by atoms with E-state index in [1.165, 1.54) is 11.1 Å². The first-order valence-electron chi connectivity index (χ1n) is 7.07. The van der Waals surface area contributed by atoms with E-state index in [0.29, 0.717) is 5.56 Å². The van der Waals surface area contributed by atoms with E-state index < -0.39 is 0 Å². The van der Waals surface area contributed by atoms with Crippen LogP contribution >= 0.6 is 11.8 Å². The Balaban J connectivity index is 2.21. The highest BCUT2D eigenvalue weighted by Gasteiger charge is 2.07. The van der Waals surface area contributed by atoms with E-state index in [4.69, 9.17) is 4.74 Å². The fourth-order valence-corrected chi connectivity index (χ4v) is 2.67. The number of carbonyl (C=O) groups excluding carboxylic acids is 1. The molecule has 22 heavy (non-hydrogen) atoms. The Morgan fingerprint density at radius 3 is 2.50 bits per heavy atom. The summed E-state index contributed by atoms with van der Waals surface area (Å²) in [5.41, 5.74) is 4.14. The van der Waals surface area contributed by atoms with E-state index in [9.17, 15) is 4.79 Å². The number of benzene rings is 2. The molecule has 0 radical (unpaired) electrons. The molecular weight excluding hydrogens is 292 g/mol. The summed E-state index contributed by atoms with van der Waals surface area (Å²) >= 11 is 1.60. The van der Waals surface area contributed by atoms with Crippen LogP contribution in [0.1, 0.15) is 27.0 Å². The number of ketones is 1. The van der Waals surface area contributed by atoms with Crippen LogP contribution in [0.2, 0.25) is 0 Å². The van der Waals surface area contributed by atoms with Crippen molar-refractivity contribution in [1.29, 1.82) is 0 Å². The predicted molar refractivity (Wildman–Crippen MR) is 94.1 cm³/mol. The molecule has 0 spiro atoms. The number of aryl methyl sites for hydroxylation is 2. The smallest absolute Gasteiger partial charge is 0.185 e. The van der Waals surface area contributed by atoms with E-state index >= 15 is 0 Å². The lowest BCUT2D eigenvalue weighted by molar-refractivity contribution is 0.104. The van der Waals surface area contributed by atoms with Gasteiger partial charge >= 0.3 is 0 Å². The van der Waals surface area contributed by atoms with Gasteiger partial charge in [-0.2, -0.15) is 0 Å². The second-order valence-corrected chi connectivity index (χ2v) is 5.96. The highest BCUT2D eigenvalue weighted by atomic mass is 32.2. The molecule has 0 N–H and O–H groups in total. The van der Waals surface area contributed by atoms with Crippen LogP contribution in [-0.2, 0) is 0 Å². The molecular formula is C19H20O2S. The maximum absolute atomic E-state index is 12.3. The minimum atomic E-state index is -0.0239. The highest BCUT2D eigenvalue weighted by molar-refractivity contribution is 7.98. The van der Waals surface area contributed by atoms with Gasteiger partial charge in [-0.1, -0.05) is 24.3 Å². The molecule has 0 unspecified atom stereocenters. The molecule has 0 saturated heterocycles. The third kappa shape index (κ3) is 3.80. The first-order valence-corrected chi connectivity index (χ1v) is 8.29. The van der Waals surface area contributed by atoms with Crippen molar-refractivity contribution in [3.05, 3.63) is 64.7 Å². The number of hydrogen-bond acceptors (Lipinski definition) is 3. The van der Waals surface area contributed by atoms with Gasteiger partial charge in [0.05, 0.1) is 7.11 Å². The van der Waals surface area contributed by atoms with Crippen molar-refractivity contribution in [2.75, 3.05) is 13.4 Å². The summed E-state index contributed by atoms with van der Waals surface area (Å²) in [6.07, 6.45) is 5.44. The summed E-state index contributed by atoms with van der Waals surface area (Å²) in [6.45, 7) is 4.15. The van der Waals surface area contributed by atoms with Crippen molar-refractivity contribution in [1.82, 2.24) is 0 Å². The summed E-state index contributed by atoms with van der Waals surface area (Å²) in [7, 11) is 1.62. The minimum absolute atomic E-state index is 0.0239. The number of carbonyl (C=O) groups is 1. The first-order chi connectivity index (χ1) is 10.5. The monoisotopic (exact) mass is 312 g/mol. The van der Waals surface area contributed by atoms with Crippen molar-refractivity contribution in [2.24, 2.45) is 0 Å². The maximum atomic E-state index is 12.3. The van der Waals surface area contributed by atoms with Crippen LogP contribution in [0.4, 0.5) is 0 Å². The molecule has 0 aliphatic carbocycles.